The van der Waals surface area contributed by atoms with Gasteiger partial charge in [-0.25, -0.2) is 4.79 Å². The van der Waals surface area contributed by atoms with Gasteiger partial charge in [-0.3, -0.25) is 0 Å². The first-order valence-corrected chi connectivity index (χ1v) is 6.47. The molecule has 106 valence electrons. The largest absolute Gasteiger partial charge is 0.487 e. The fourth-order valence-electron chi connectivity index (χ4n) is 1.81. The number of carbonyl (C=O) groups excluding carboxylic acids is 1. The molecule has 0 aliphatic rings. The van der Waals surface area contributed by atoms with Crippen molar-refractivity contribution in [3.8, 4) is 5.75 Å². The van der Waals surface area contributed by atoms with Gasteiger partial charge in [0.05, 0.1) is 7.11 Å². The molecule has 0 aromatic heterocycles. The summed E-state index contributed by atoms with van der Waals surface area (Å²) in [7, 11) is 1.38. The molecule has 0 amide bonds. The van der Waals surface area contributed by atoms with Crippen molar-refractivity contribution in [2.75, 3.05) is 7.11 Å². The lowest BCUT2D eigenvalue weighted by atomic mass is 9.85. The second kappa shape index (κ2) is 5.24. The van der Waals surface area contributed by atoms with E-state index in [9.17, 15) is 4.79 Å². The average Bonchev–Trinajstić information content (AvgIpc) is 2.24. The Labute approximate surface area is 115 Å². The first-order chi connectivity index (χ1) is 8.56. The summed E-state index contributed by atoms with van der Waals surface area (Å²) in [6.45, 7) is 12.2. The summed E-state index contributed by atoms with van der Waals surface area (Å²) in [4.78, 5) is 11.9. The molecule has 0 saturated heterocycles. The van der Waals surface area contributed by atoms with Crippen LogP contribution in [0, 0.1) is 0 Å². The third kappa shape index (κ3) is 3.98. The molecule has 0 aliphatic heterocycles. The molecule has 0 saturated carbocycles. The topological polar surface area (TPSA) is 35.5 Å². The SMILES string of the molecule is COC(=O)c1cccc(C(C)(C)C)c1OC(C)(C)C. The standard InChI is InChI=1S/C16H24O3/c1-15(2,3)12-10-8-9-11(14(17)18-7)13(12)19-16(4,5)6/h8-10H,1-7H3. The summed E-state index contributed by atoms with van der Waals surface area (Å²) in [5, 5.41) is 0. The number of hydrogen-bond donors (Lipinski definition) is 0. The summed E-state index contributed by atoms with van der Waals surface area (Å²) in [6, 6.07) is 5.60. The van der Waals surface area contributed by atoms with Crippen LogP contribution in [0.4, 0.5) is 0 Å². The zero-order valence-corrected chi connectivity index (χ0v) is 13.0. The molecule has 0 fully saturated rings. The van der Waals surface area contributed by atoms with Gasteiger partial charge in [0, 0.05) is 5.56 Å². The van der Waals surface area contributed by atoms with E-state index in [2.05, 4.69) is 20.8 Å². The maximum atomic E-state index is 11.9. The lowest BCUT2D eigenvalue weighted by molar-refractivity contribution is 0.0585. The third-order valence-corrected chi connectivity index (χ3v) is 2.64. The van der Waals surface area contributed by atoms with E-state index in [1.54, 1.807) is 6.07 Å². The molecule has 0 aliphatic carbocycles. The van der Waals surface area contributed by atoms with Crippen LogP contribution in [-0.2, 0) is 10.2 Å². The highest BCUT2D eigenvalue weighted by Gasteiger charge is 2.27. The molecule has 1 aromatic carbocycles. The fraction of sp³-hybridized carbons (Fsp3) is 0.562. The Bertz CT molecular complexity index is 462. The Morgan fingerprint density at radius 2 is 1.63 bits per heavy atom. The summed E-state index contributed by atoms with van der Waals surface area (Å²) in [5.74, 6) is 0.250. The first-order valence-electron chi connectivity index (χ1n) is 6.47. The molecule has 0 N–H and O–H groups in total. The van der Waals surface area contributed by atoms with E-state index in [0.29, 0.717) is 11.3 Å². The minimum absolute atomic E-state index is 0.107. The van der Waals surface area contributed by atoms with Gasteiger partial charge in [0.25, 0.3) is 0 Å². The Kier molecular flexibility index (Phi) is 4.28. The van der Waals surface area contributed by atoms with Crippen molar-refractivity contribution in [3.63, 3.8) is 0 Å². The Morgan fingerprint density at radius 3 is 2.05 bits per heavy atom. The van der Waals surface area contributed by atoms with Gasteiger partial charge in [0.15, 0.2) is 0 Å². The monoisotopic (exact) mass is 264 g/mol. The molecule has 0 unspecified atom stereocenters. The van der Waals surface area contributed by atoms with Crippen molar-refractivity contribution in [1.29, 1.82) is 0 Å². The van der Waals surface area contributed by atoms with Gasteiger partial charge in [-0.15, -0.1) is 0 Å². The van der Waals surface area contributed by atoms with Gasteiger partial charge in [-0.1, -0.05) is 32.9 Å². The second-order valence-corrected chi connectivity index (χ2v) is 6.64. The van der Waals surface area contributed by atoms with E-state index >= 15 is 0 Å². The van der Waals surface area contributed by atoms with Crippen molar-refractivity contribution in [2.45, 2.75) is 52.6 Å². The van der Waals surface area contributed by atoms with E-state index in [1.165, 1.54) is 7.11 Å². The van der Waals surface area contributed by atoms with Gasteiger partial charge in [0.2, 0.25) is 0 Å². The smallest absolute Gasteiger partial charge is 0.341 e. The van der Waals surface area contributed by atoms with Crippen LogP contribution in [0.1, 0.15) is 57.5 Å². The predicted octanol–water partition coefficient (Wildman–Crippen LogP) is 3.95. The first kappa shape index (κ1) is 15.5. The maximum absolute atomic E-state index is 11.9. The minimum Gasteiger partial charge on any atom is -0.487 e. The van der Waals surface area contributed by atoms with E-state index in [-0.39, 0.29) is 17.0 Å². The zero-order chi connectivity index (χ0) is 14.8. The van der Waals surface area contributed by atoms with E-state index in [0.717, 1.165) is 5.56 Å². The normalized spacial score (nSPS) is 12.2. The van der Waals surface area contributed by atoms with E-state index < -0.39 is 0 Å². The lowest BCUT2D eigenvalue weighted by Crippen LogP contribution is -2.27. The molecule has 0 bridgehead atoms. The quantitative estimate of drug-likeness (QED) is 0.759. The number of esters is 1. The Morgan fingerprint density at radius 1 is 1.05 bits per heavy atom. The molecule has 0 atom stereocenters. The Hall–Kier alpha value is -1.51. The lowest BCUT2D eigenvalue weighted by Gasteiger charge is -2.29. The van der Waals surface area contributed by atoms with Gasteiger partial charge in [0.1, 0.15) is 16.9 Å². The predicted molar refractivity (Wildman–Crippen MR) is 76.9 cm³/mol. The average molecular weight is 264 g/mol. The maximum Gasteiger partial charge on any atom is 0.341 e. The van der Waals surface area contributed by atoms with Crippen LogP contribution in [-0.4, -0.2) is 18.7 Å². The molecule has 19 heavy (non-hydrogen) atoms. The zero-order valence-electron chi connectivity index (χ0n) is 13.0. The molecule has 1 aromatic rings. The molecular weight excluding hydrogens is 240 g/mol. The highest BCUT2D eigenvalue weighted by Crippen LogP contribution is 2.36. The minimum atomic E-state index is -0.371. The fourth-order valence-corrected chi connectivity index (χ4v) is 1.81. The van der Waals surface area contributed by atoms with E-state index in [4.69, 9.17) is 9.47 Å². The van der Waals surface area contributed by atoms with Crippen LogP contribution in [0.25, 0.3) is 0 Å². The van der Waals surface area contributed by atoms with Crippen molar-refractivity contribution in [1.82, 2.24) is 0 Å². The highest BCUT2D eigenvalue weighted by molar-refractivity contribution is 5.93. The van der Waals surface area contributed by atoms with Crippen LogP contribution in [0.2, 0.25) is 0 Å². The molecule has 0 radical (unpaired) electrons. The van der Waals surface area contributed by atoms with Crippen molar-refractivity contribution in [2.24, 2.45) is 0 Å². The number of para-hydroxylation sites is 1. The van der Waals surface area contributed by atoms with Gasteiger partial charge < -0.3 is 9.47 Å². The number of ether oxygens (including phenoxy) is 2. The van der Waals surface area contributed by atoms with Crippen LogP contribution in [0.5, 0.6) is 5.75 Å². The van der Waals surface area contributed by atoms with Gasteiger partial charge >= 0.3 is 5.97 Å². The number of carbonyl (C=O) groups is 1. The van der Waals surface area contributed by atoms with E-state index in [1.807, 2.05) is 32.9 Å². The van der Waals surface area contributed by atoms with Crippen molar-refractivity contribution >= 4 is 5.97 Å². The van der Waals surface area contributed by atoms with Crippen molar-refractivity contribution < 1.29 is 14.3 Å². The molecule has 0 heterocycles. The molecule has 0 spiro atoms. The van der Waals surface area contributed by atoms with Crippen LogP contribution in [0.3, 0.4) is 0 Å². The number of hydrogen-bond acceptors (Lipinski definition) is 3. The summed E-state index contributed by atoms with van der Waals surface area (Å²) in [5.41, 5.74) is 1.00. The molecular formula is C16H24O3. The number of rotatable bonds is 2. The highest BCUT2D eigenvalue weighted by atomic mass is 16.5. The van der Waals surface area contributed by atoms with Crippen molar-refractivity contribution in [3.05, 3.63) is 29.3 Å². The number of benzene rings is 1. The summed E-state index contributed by atoms with van der Waals surface area (Å²) >= 11 is 0. The third-order valence-electron chi connectivity index (χ3n) is 2.64. The van der Waals surface area contributed by atoms with Crippen LogP contribution in [0.15, 0.2) is 18.2 Å². The second-order valence-electron chi connectivity index (χ2n) is 6.64. The Balaban J connectivity index is 3.45. The molecule has 1 rings (SSSR count). The van der Waals surface area contributed by atoms with Crippen LogP contribution >= 0.6 is 0 Å². The van der Waals surface area contributed by atoms with Gasteiger partial charge in [-0.05, 0) is 32.3 Å². The molecule has 3 nitrogen and oxygen atoms in total. The number of methoxy groups -OCH3 is 1. The van der Waals surface area contributed by atoms with Gasteiger partial charge in [-0.2, -0.15) is 0 Å². The van der Waals surface area contributed by atoms with Crippen LogP contribution < -0.4 is 4.74 Å². The summed E-state index contributed by atoms with van der Waals surface area (Å²) < 4.78 is 10.9. The molecule has 3 heteroatoms. The summed E-state index contributed by atoms with van der Waals surface area (Å²) in [6.07, 6.45) is 0.